The molecule has 0 atom stereocenters. The summed E-state index contributed by atoms with van der Waals surface area (Å²) in [7, 11) is 1.75. The van der Waals surface area contributed by atoms with Gasteiger partial charge in [-0.15, -0.1) is 0 Å². The number of carbonyl (C=O) groups excluding carboxylic acids is 1. The van der Waals surface area contributed by atoms with Crippen molar-refractivity contribution in [2.75, 3.05) is 12.5 Å². The zero-order valence-corrected chi connectivity index (χ0v) is 11.0. The maximum Gasteiger partial charge on any atom is 0.254 e. The highest BCUT2D eigenvalue weighted by Gasteiger charge is 2.15. The lowest BCUT2D eigenvalue weighted by Crippen LogP contribution is -2.27. The van der Waals surface area contributed by atoms with Crippen molar-refractivity contribution in [3.63, 3.8) is 0 Å². The number of nitrogens with one attached hydrogen (secondary N) is 2. The topological polar surface area (TPSA) is 87.0 Å². The van der Waals surface area contributed by atoms with Crippen molar-refractivity contribution in [2.24, 2.45) is 5.84 Å². The number of H-pyrrole nitrogens is 1. The number of hydrazine groups is 1. The second kappa shape index (κ2) is 5.53. The number of rotatable bonds is 4. The first kappa shape index (κ1) is 13.1. The van der Waals surface area contributed by atoms with E-state index in [9.17, 15) is 4.79 Å². The van der Waals surface area contributed by atoms with Crippen LogP contribution in [0.4, 0.5) is 5.69 Å². The van der Waals surface area contributed by atoms with Gasteiger partial charge in [-0.25, -0.2) is 4.98 Å². The fourth-order valence-corrected chi connectivity index (χ4v) is 1.88. The van der Waals surface area contributed by atoms with E-state index in [1.807, 2.05) is 13.0 Å². The SMILES string of the molecule is Cc1cc(NN)ccc1C(=O)N(C)Cc1ncc[nH]1. The van der Waals surface area contributed by atoms with Crippen LogP contribution in [0.5, 0.6) is 0 Å². The quantitative estimate of drug-likeness (QED) is 0.570. The molecular formula is C13H17N5O. The maximum atomic E-state index is 12.3. The van der Waals surface area contributed by atoms with E-state index in [1.54, 1.807) is 36.5 Å². The number of hydrogen-bond donors (Lipinski definition) is 3. The molecule has 0 saturated heterocycles. The van der Waals surface area contributed by atoms with Crippen molar-refractivity contribution >= 4 is 11.6 Å². The van der Waals surface area contributed by atoms with Crippen LogP contribution < -0.4 is 11.3 Å². The largest absolute Gasteiger partial charge is 0.347 e. The number of imidazole rings is 1. The van der Waals surface area contributed by atoms with E-state index in [2.05, 4.69) is 15.4 Å². The van der Waals surface area contributed by atoms with Crippen LogP contribution in [0.3, 0.4) is 0 Å². The Morgan fingerprint density at radius 1 is 1.53 bits per heavy atom. The fourth-order valence-electron chi connectivity index (χ4n) is 1.88. The van der Waals surface area contributed by atoms with E-state index in [1.165, 1.54) is 0 Å². The first-order valence-electron chi connectivity index (χ1n) is 5.93. The highest BCUT2D eigenvalue weighted by atomic mass is 16.2. The number of amides is 1. The second-order valence-corrected chi connectivity index (χ2v) is 4.37. The number of aryl methyl sites for hydroxylation is 1. The lowest BCUT2D eigenvalue weighted by molar-refractivity contribution is 0.0781. The number of aromatic amines is 1. The maximum absolute atomic E-state index is 12.3. The second-order valence-electron chi connectivity index (χ2n) is 4.37. The Balaban J connectivity index is 2.14. The lowest BCUT2D eigenvalue weighted by atomic mass is 10.1. The van der Waals surface area contributed by atoms with Gasteiger partial charge in [0, 0.05) is 30.7 Å². The summed E-state index contributed by atoms with van der Waals surface area (Å²) >= 11 is 0. The van der Waals surface area contributed by atoms with Gasteiger partial charge in [0.2, 0.25) is 0 Å². The van der Waals surface area contributed by atoms with Crippen LogP contribution in [-0.2, 0) is 6.54 Å². The van der Waals surface area contributed by atoms with Crippen molar-refractivity contribution in [3.05, 3.63) is 47.5 Å². The molecule has 100 valence electrons. The molecule has 0 unspecified atom stereocenters. The molecule has 1 heterocycles. The van der Waals surface area contributed by atoms with E-state index in [4.69, 9.17) is 5.84 Å². The Morgan fingerprint density at radius 3 is 2.89 bits per heavy atom. The van der Waals surface area contributed by atoms with Gasteiger partial charge in [0.15, 0.2) is 0 Å². The van der Waals surface area contributed by atoms with E-state index in [0.717, 1.165) is 17.1 Å². The highest BCUT2D eigenvalue weighted by Crippen LogP contribution is 2.16. The molecule has 0 aliphatic heterocycles. The molecule has 0 aliphatic carbocycles. The fraction of sp³-hybridized carbons (Fsp3) is 0.231. The smallest absolute Gasteiger partial charge is 0.254 e. The van der Waals surface area contributed by atoms with Crippen LogP contribution in [0, 0.1) is 6.92 Å². The Bertz CT molecular complexity index is 564. The van der Waals surface area contributed by atoms with Gasteiger partial charge in [-0.3, -0.25) is 10.6 Å². The summed E-state index contributed by atoms with van der Waals surface area (Å²) in [4.78, 5) is 21.0. The number of nitrogens with zero attached hydrogens (tertiary/aromatic N) is 2. The minimum atomic E-state index is -0.0440. The number of hydrogen-bond acceptors (Lipinski definition) is 4. The third kappa shape index (κ3) is 2.92. The highest BCUT2D eigenvalue weighted by molar-refractivity contribution is 5.95. The number of nitrogens with two attached hydrogens (primary N) is 1. The number of nitrogen functional groups attached to an aromatic ring is 1. The summed E-state index contributed by atoms with van der Waals surface area (Å²) in [5.41, 5.74) is 4.88. The molecular weight excluding hydrogens is 242 g/mol. The van der Waals surface area contributed by atoms with Gasteiger partial charge in [-0.2, -0.15) is 0 Å². The van der Waals surface area contributed by atoms with Gasteiger partial charge in [-0.05, 0) is 30.7 Å². The molecule has 6 heteroatoms. The normalized spacial score (nSPS) is 10.3. The lowest BCUT2D eigenvalue weighted by Gasteiger charge is -2.17. The van der Waals surface area contributed by atoms with Gasteiger partial charge in [0.1, 0.15) is 5.82 Å². The van der Waals surface area contributed by atoms with E-state index in [-0.39, 0.29) is 5.91 Å². The van der Waals surface area contributed by atoms with E-state index >= 15 is 0 Å². The van der Waals surface area contributed by atoms with E-state index in [0.29, 0.717) is 12.1 Å². The molecule has 1 amide bonds. The average molecular weight is 259 g/mol. The van der Waals surface area contributed by atoms with Crippen molar-refractivity contribution in [3.8, 4) is 0 Å². The predicted octanol–water partition coefficient (Wildman–Crippen LogP) is 1.28. The number of carbonyl (C=O) groups is 1. The zero-order chi connectivity index (χ0) is 13.8. The molecule has 1 aromatic carbocycles. The Labute approximate surface area is 111 Å². The van der Waals surface area contributed by atoms with Gasteiger partial charge in [0.25, 0.3) is 5.91 Å². The van der Waals surface area contributed by atoms with Crippen LogP contribution >= 0.6 is 0 Å². The van der Waals surface area contributed by atoms with Crippen LogP contribution in [0.1, 0.15) is 21.7 Å². The number of anilines is 1. The molecule has 1 aromatic heterocycles. The predicted molar refractivity (Wildman–Crippen MR) is 73.4 cm³/mol. The molecule has 2 aromatic rings. The van der Waals surface area contributed by atoms with Crippen LogP contribution in [0.15, 0.2) is 30.6 Å². The van der Waals surface area contributed by atoms with Crippen LogP contribution in [0.2, 0.25) is 0 Å². The molecule has 4 N–H and O–H groups in total. The third-order valence-corrected chi connectivity index (χ3v) is 2.91. The summed E-state index contributed by atoms with van der Waals surface area (Å²) < 4.78 is 0. The summed E-state index contributed by atoms with van der Waals surface area (Å²) in [6.07, 6.45) is 3.40. The summed E-state index contributed by atoms with van der Waals surface area (Å²) in [6.45, 7) is 2.33. The van der Waals surface area contributed by atoms with Gasteiger partial charge >= 0.3 is 0 Å². The number of aromatic nitrogens is 2. The van der Waals surface area contributed by atoms with Crippen molar-refractivity contribution < 1.29 is 4.79 Å². The number of benzene rings is 1. The molecule has 0 bridgehead atoms. The first-order valence-corrected chi connectivity index (χ1v) is 5.93. The molecule has 0 fully saturated rings. The average Bonchev–Trinajstić information content (AvgIpc) is 2.90. The summed E-state index contributed by atoms with van der Waals surface area (Å²) in [5.74, 6) is 6.05. The van der Waals surface area contributed by atoms with Crippen molar-refractivity contribution in [1.29, 1.82) is 0 Å². The molecule has 0 spiro atoms. The molecule has 19 heavy (non-hydrogen) atoms. The zero-order valence-electron chi connectivity index (χ0n) is 11.0. The van der Waals surface area contributed by atoms with Crippen molar-refractivity contribution in [1.82, 2.24) is 14.9 Å². The van der Waals surface area contributed by atoms with Crippen molar-refractivity contribution in [2.45, 2.75) is 13.5 Å². The monoisotopic (exact) mass is 259 g/mol. The molecule has 6 nitrogen and oxygen atoms in total. The minimum absolute atomic E-state index is 0.0440. The van der Waals surface area contributed by atoms with Gasteiger partial charge in [-0.1, -0.05) is 0 Å². The van der Waals surface area contributed by atoms with E-state index < -0.39 is 0 Å². The standard InChI is InChI=1S/C13H17N5O/c1-9-7-10(17-14)3-4-11(9)13(19)18(2)8-12-15-5-6-16-12/h3-7,17H,8,14H2,1-2H3,(H,15,16). The summed E-state index contributed by atoms with van der Waals surface area (Å²) in [5, 5.41) is 0. The molecule has 0 radical (unpaired) electrons. The summed E-state index contributed by atoms with van der Waals surface area (Å²) in [6, 6.07) is 5.39. The van der Waals surface area contributed by atoms with Gasteiger partial charge < -0.3 is 15.3 Å². The Morgan fingerprint density at radius 2 is 2.32 bits per heavy atom. The third-order valence-electron chi connectivity index (χ3n) is 2.91. The first-order chi connectivity index (χ1) is 9.11. The molecule has 2 rings (SSSR count). The van der Waals surface area contributed by atoms with Crippen LogP contribution in [0.25, 0.3) is 0 Å². The molecule has 0 saturated carbocycles. The Kier molecular flexibility index (Phi) is 3.82. The Hall–Kier alpha value is -2.34. The van der Waals surface area contributed by atoms with Crippen LogP contribution in [-0.4, -0.2) is 27.8 Å². The minimum Gasteiger partial charge on any atom is -0.347 e. The van der Waals surface area contributed by atoms with Gasteiger partial charge in [0.05, 0.1) is 6.54 Å². The molecule has 0 aliphatic rings.